The zero-order valence-corrected chi connectivity index (χ0v) is 11.8. The standard InChI is InChI=1S/C13H29N3O/c1-5-8-12(14)9-13(17)15-11(4)10-16(6-2)7-3/h11-12H,5-10,14H2,1-4H3,(H,15,17). The van der Waals surface area contributed by atoms with Crippen molar-refractivity contribution in [1.29, 1.82) is 0 Å². The summed E-state index contributed by atoms with van der Waals surface area (Å²) in [6.45, 7) is 11.3. The number of amides is 1. The molecule has 102 valence electrons. The number of nitrogens with two attached hydrogens (primary N) is 1. The van der Waals surface area contributed by atoms with E-state index in [4.69, 9.17) is 5.73 Å². The molecule has 0 saturated carbocycles. The molecule has 17 heavy (non-hydrogen) atoms. The largest absolute Gasteiger partial charge is 0.352 e. The first-order valence-electron chi connectivity index (χ1n) is 6.80. The van der Waals surface area contributed by atoms with Gasteiger partial charge in [-0.05, 0) is 26.4 Å². The zero-order valence-electron chi connectivity index (χ0n) is 11.8. The van der Waals surface area contributed by atoms with Crippen molar-refractivity contribution in [2.24, 2.45) is 5.73 Å². The SMILES string of the molecule is CCCC(N)CC(=O)NC(C)CN(CC)CC. The van der Waals surface area contributed by atoms with Gasteiger partial charge in [0.25, 0.3) is 0 Å². The number of hydrogen-bond acceptors (Lipinski definition) is 3. The first-order chi connectivity index (χ1) is 8.03. The Balaban J connectivity index is 3.86. The van der Waals surface area contributed by atoms with Crippen LogP contribution < -0.4 is 11.1 Å². The Labute approximate surface area is 106 Å². The van der Waals surface area contributed by atoms with Crippen molar-refractivity contribution < 1.29 is 4.79 Å². The number of carbonyl (C=O) groups excluding carboxylic acids is 1. The van der Waals surface area contributed by atoms with Crippen LogP contribution in [0.4, 0.5) is 0 Å². The smallest absolute Gasteiger partial charge is 0.221 e. The van der Waals surface area contributed by atoms with E-state index in [1.165, 1.54) is 0 Å². The van der Waals surface area contributed by atoms with Crippen LogP contribution in [0, 0.1) is 0 Å². The van der Waals surface area contributed by atoms with Gasteiger partial charge in [-0.1, -0.05) is 27.2 Å². The van der Waals surface area contributed by atoms with E-state index in [0.29, 0.717) is 6.42 Å². The van der Waals surface area contributed by atoms with E-state index < -0.39 is 0 Å². The molecule has 0 aromatic carbocycles. The maximum Gasteiger partial charge on any atom is 0.221 e. The van der Waals surface area contributed by atoms with Gasteiger partial charge in [0, 0.05) is 25.0 Å². The van der Waals surface area contributed by atoms with Crippen LogP contribution in [0.25, 0.3) is 0 Å². The molecule has 0 rings (SSSR count). The van der Waals surface area contributed by atoms with E-state index in [1.54, 1.807) is 0 Å². The molecule has 0 saturated heterocycles. The summed E-state index contributed by atoms with van der Waals surface area (Å²) >= 11 is 0. The molecule has 0 bridgehead atoms. The van der Waals surface area contributed by atoms with Gasteiger partial charge in [-0.2, -0.15) is 0 Å². The molecule has 2 unspecified atom stereocenters. The molecule has 0 fully saturated rings. The van der Waals surface area contributed by atoms with E-state index >= 15 is 0 Å². The molecule has 3 N–H and O–H groups in total. The van der Waals surface area contributed by atoms with E-state index in [0.717, 1.165) is 32.5 Å². The molecule has 0 aliphatic rings. The number of carbonyl (C=O) groups is 1. The Morgan fingerprint density at radius 2 is 1.88 bits per heavy atom. The third-order valence-electron chi connectivity index (χ3n) is 2.94. The predicted octanol–water partition coefficient (Wildman–Crippen LogP) is 1.35. The molecule has 2 atom stereocenters. The van der Waals surface area contributed by atoms with Gasteiger partial charge in [0.1, 0.15) is 0 Å². The van der Waals surface area contributed by atoms with E-state index in [9.17, 15) is 4.79 Å². The molecule has 0 heterocycles. The Morgan fingerprint density at radius 1 is 1.29 bits per heavy atom. The number of likely N-dealkylation sites (N-methyl/N-ethyl adjacent to an activating group) is 1. The number of hydrogen-bond donors (Lipinski definition) is 2. The molecule has 4 heteroatoms. The van der Waals surface area contributed by atoms with Crippen molar-refractivity contribution in [3.8, 4) is 0 Å². The summed E-state index contributed by atoms with van der Waals surface area (Å²) in [7, 11) is 0. The van der Waals surface area contributed by atoms with Crippen LogP contribution in [-0.4, -0.2) is 42.5 Å². The molecule has 0 aliphatic carbocycles. The van der Waals surface area contributed by atoms with Crippen LogP contribution in [0.2, 0.25) is 0 Å². The molecule has 0 aromatic rings. The summed E-state index contributed by atoms with van der Waals surface area (Å²) in [4.78, 5) is 14.0. The van der Waals surface area contributed by atoms with Crippen molar-refractivity contribution in [1.82, 2.24) is 10.2 Å². The Morgan fingerprint density at radius 3 is 2.35 bits per heavy atom. The monoisotopic (exact) mass is 243 g/mol. The highest BCUT2D eigenvalue weighted by Gasteiger charge is 2.13. The number of nitrogens with zero attached hydrogens (tertiary/aromatic N) is 1. The first-order valence-corrected chi connectivity index (χ1v) is 6.80. The van der Waals surface area contributed by atoms with Crippen LogP contribution in [0.5, 0.6) is 0 Å². The highest BCUT2D eigenvalue weighted by Crippen LogP contribution is 1.99. The van der Waals surface area contributed by atoms with E-state index in [2.05, 4.69) is 31.0 Å². The van der Waals surface area contributed by atoms with Gasteiger partial charge in [0.05, 0.1) is 0 Å². The average molecular weight is 243 g/mol. The highest BCUT2D eigenvalue weighted by molar-refractivity contribution is 5.76. The number of nitrogens with one attached hydrogen (secondary N) is 1. The van der Waals surface area contributed by atoms with Crippen molar-refractivity contribution in [3.05, 3.63) is 0 Å². The second-order valence-electron chi connectivity index (χ2n) is 4.71. The maximum absolute atomic E-state index is 11.7. The minimum atomic E-state index is 0.000605. The van der Waals surface area contributed by atoms with E-state index in [-0.39, 0.29) is 18.0 Å². The average Bonchev–Trinajstić information content (AvgIpc) is 2.25. The van der Waals surface area contributed by atoms with Gasteiger partial charge in [-0.15, -0.1) is 0 Å². The fourth-order valence-corrected chi connectivity index (χ4v) is 1.96. The summed E-state index contributed by atoms with van der Waals surface area (Å²) in [6, 6.07) is 0.192. The second kappa shape index (κ2) is 9.42. The Kier molecular flexibility index (Phi) is 9.09. The molecular weight excluding hydrogens is 214 g/mol. The predicted molar refractivity (Wildman–Crippen MR) is 72.9 cm³/mol. The third-order valence-corrected chi connectivity index (χ3v) is 2.94. The highest BCUT2D eigenvalue weighted by atomic mass is 16.1. The van der Waals surface area contributed by atoms with Crippen molar-refractivity contribution in [3.63, 3.8) is 0 Å². The van der Waals surface area contributed by atoms with Gasteiger partial charge in [-0.25, -0.2) is 0 Å². The van der Waals surface area contributed by atoms with Crippen molar-refractivity contribution in [2.75, 3.05) is 19.6 Å². The fraction of sp³-hybridized carbons (Fsp3) is 0.923. The summed E-state index contributed by atoms with van der Waals surface area (Å²) in [5, 5.41) is 3.01. The Hall–Kier alpha value is -0.610. The lowest BCUT2D eigenvalue weighted by molar-refractivity contribution is -0.122. The molecule has 0 aromatic heterocycles. The zero-order chi connectivity index (χ0) is 13.3. The van der Waals surface area contributed by atoms with E-state index in [1.807, 2.05) is 6.92 Å². The lowest BCUT2D eigenvalue weighted by Crippen LogP contribution is -2.43. The summed E-state index contributed by atoms with van der Waals surface area (Å²) in [5.74, 6) is 0.0746. The third kappa shape index (κ3) is 8.16. The minimum Gasteiger partial charge on any atom is -0.352 e. The van der Waals surface area contributed by atoms with Crippen molar-refractivity contribution in [2.45, 2.75) is 59.0 Å². The lowest BCUT2D eigenvalue weighted by Gasteiger charge is -2.23. The summed E-state index contributed by atoms with van der Waals surface area (Å²) in [5.41, 5.74) is 5.84. The minimum absolute atomic E-state index is 0.000605. The van der Waals surface area contributed by atoms with Crippen LogP contribution in [-0.2, 0) is 4.79 Å². The molecule has 0 spiro atoms. The normalized spacial score (nSPS) is 14.7. The van der Waals surface area contributed by atoms with Gasteiger partial charge in [0.2, 0.25) is 5.91 Å². The second-order valence-corrected chi connectivity index (χ2v) is 4.71. The van der Waals surface area contributed by atoms with Gasteiger partial charge in [-0.3, -0.25) is 4.79 Å². The fourth-order valence-electron chi connectivity index (χ4n) is 1.96. The quantitative estimate of drug-likeness (QED) is 0.643. The molecule has 4 nitrogen and oxygen atoms in total. The van der Waals surface area contributed by atoms with Gasteiger partial charge in [0.15, 0.2) is 0 Å². The topological polar surface area (TPSA) is 58.4 Å². The number of rotatable bonds is 9. The first kappa shape index (κ1) is 16.4. The maximum atomic E-state index is 11.7. The summed E-state index contributed by atoms with van der Waals surface area (Å²) in [6.07, 6.45) is 2.39. The molecule has 0 radical (unpaired) electrons. The van der Waals surface area contributed by atoms with Gasteiger partial charge < -0.3 is 16.0 Å². The van der Waals surface area contributed by atoms with Crippen LogP contribution in [0.3, 0.4) is 0 Å². The van der Waals surface area contributed by atoms with Crippen LogP contribution in [0.1, 0.15) is 47.0 Å². The van der Waals surface area contributed by atoms with Crippen molar-refractivity contribution >= 4 is 5.91 Å². The van der Waals surface area contributed by atoms with Crippen LogP contribution >= 0.6 is 0 Å². The molecule has 1 amide bonds. The van der Waals surface area contributed by atoms with Crippen LogP contribution in [0.15, 0.2) is 0 Å². The lowest BCUT2D eigenvalue weighted by atomic mass is 10.1. The summed E-state index contributed by atoms with van der Waals surface area (Å²) < 4.78 is 0. The van der Waals surface area contributed by atoms with Gasteiger partial charge >= 0.3 is 0 Å². The molecule has 0 aliphatic heterocycles. The Bertz CT molecular complexity index is 205. The molecular formula is C13H29N3O.